The number of halogens is 2. The molecule has 1 aliphatic rings. The summed E-state index contributed by atoms with van der Waals surface area (Å²) in [5.41, 5.74) is 0. The van der Waals surface area contributed by atoms with Gasteiger partial charge in [-0.15, -0.1) is 12.4 Å². The molecule has 6 nitrogen and oxygen atoms in total. The molecule has 2 atom stereocenters. The van der Waals surface area contributed by atoms with Crippen molar-refractivity contribution in [3.63, 3.8) is 0 Å². The molecule has 0 aromatic heterocycles. The monoisotopic (exact) mass is 393 g/mol. The zero-order valence-corrected chi connectivity index (χ0v) is 16.0. The summed E-state index contributed by atoms with van der Waals surface area (Å²) in [4.78, 5) is 14.0. The minimum atomic E-state index is -3.80. The van der Waals surface area contributed by atoms with Crippen molar-refractivity contribution in [1.82, 2.24) is 14.9 Å². The molecule has 2 rings (SSSR count). The summed E-state index contributed by atoms with van der Waals surface area (Å²) in [6, 6.07) is 4.54. The lowest BCUT2D eigenvalue weighted by Crippen LogP contribution is -2.51. The largest absolute Gasteiger partial charge is 0.341 e. The first kappa shape index (κ1) is 21.8. The summed E-state index contributed by atoms with van der Waals surface area (Å²) in [6.45, 7) is 3.39. The van der Waals surface area contributed by atoms with Crippen molar-refractivity contribution in [3.05, 3.63) is 30.1 Å². The van der Waals surface area contributed by atoms with Crippen molar-refractivity contribution in [3.8, 4) is 0 Å². The normalized spacial score (nSPS) is 19.2. The predicted octanol–water partition coefficient (Wildman–Crippen LogP) is 1.37. The van der Waals surface area contributed by atoms with Gasteiger partial charge < -0.3 is 10.2 Å². The van der Waals surface area contributed by atoms with Crippen LogP contribution in [0.3, 0.4) is 0 Å². The Morgan fingerprint density at radius 2 is 2.16 bits per heavy atom. The number of benzene rings is 1. The second-order valence-electron chi connectivity index (χ2n) is 6.16. The standard InChI is InChI=1S/C16H24FN3O3S.ClH/c1-12(10-18-2)16(21)20-8-4-6-14(11-20)19-24(22,23)15-7-3-5-13(17)9-15;/h3,5,7,9,12,14,18-19H,4,6,8,10-11H2,1-2H3;1H. The molecule has 1 saturated heterocycles. The Labute approximate surface area is 154 Å². The molecular formula is C16H25ClFN3O3S. The van der Waals surface area contributed by atoms with Gasteiger partial charge in [0.05, 0.1) is 4.90 Å². The van der Waals surface area contributed by atoms with Crippen LogP contribution in [0.1, 0.15) is 19.8 Å². The molecule has 9 heteroatoms. The number of nitrogens with one attached hydrogen (secondary N) is 2. The number of hydrogen-bond donors (Lipinski definition) is 2. The molecule has 1 amide bonds. The number of sulfonamides is 1. The number of likely N-dealkylation sites (tertiary alicyclic amines) is 1. The van der Waals surface area contributed by atoms with Crippen molar-refractivity contribution >= 4 is 28.3 Å². The van der Waals surface area contributed by atoms with E-state index < -0.39 is 15.8 Å². The van der Waals surface area contributed by atoms with Crippen LogP contribution >= 0.6 is 12.4 Å². The van der Waals surface area contributed by atoms with Gasteiger partial charge in [0.25, 0.3) is 0 Å². The highest BCUT2D eigenvalue weighted by atomic mass is 35.5. The highest BCUT2D eigenvalue weighted by Gasteiger charge is 2.29. The topological polar surface area (TPSA) is 78.5 Å². The minimum absolute atomic E-state index is 0. The second-order valence-corrected chi connectivity index (χ2v) is 7.87. The highest BCUT2D eigenvalue weighted by Crippen LogP contribution is 2.17. The molecule has 2 N–H and O–H groups in total. The molecule has 1 aromatic carbocycles. The van der Waals surface area contributed by atoms with Crippen LogP contribution in [0.15, 0.2) is 29.2 Å². The first-order valence-electron chi connectivity index (χ1n) is 8.05. The van der Waals surface area contributed by atoms with E-state index >= 15 is 0 Å². The SMILES string of the molecule is CNCC(C)C(=O)N1CCCC(NS(=O)(=O)c2cccc(F)c2)C1.Cl. The third-order valence-electron chi connectivity index (χ3n) is 4.09. The van der Waals surface area contributed by atoms with Crippen LogP contribution in [0.5, 0.6) is 0 Å². The van der Waals surface area contributed by atoms with Gasteiger partial charge in [-0.1, -0.05) is 13.0 Å². The molecule has 2 unspecified atom stereocenters. The lowest BCUT2D eigenvalue weighted by Gasteiger charge is -2.34. The lowest BCUT2D eigenvalue weighted by atomic mass is 10.0. The molecule has 142 valence electrons. The molecule has 0 radical (unpaired) electrons. The third kappa shape index (κ3) is 5.91. The van der Waals surface area contributed by atoms with Crippen molar-refractivity contribution in [2.24, 2.45) is 5.92 Å². The van der Waals surface area contributed by atoms with Gasteiger partial charge in [-0.05, 0) is 38.1 Å². The molecule has 1 heterocycles. The van der Waals surface area contributed by atoms with Gasteiger partial charge in [0, 0.05) is 31.6 Å². The van der Waals surface area contributed by atoms with E-state index in [0.29, 0.717) is 26.1 Å². The van der Waals surface area contributed by atoms with Crippen molar-refractivity contribution in [1.29, 1.82) is 0 Å². The molecule has 0 bridgehead atoms. The van der Waals surface area contributed by atoms with E-state index in [1.54, 1.807) is 11.9 Å². The Kier molecular flexibility index (Phi) is 8.27. The number of hydrogen-bond acceptors (Lipinski definition) is 4. The van der Waals surface area contributed by atoms with Crippen molar-refractivity contribution in [2.45, 2.75) is 30.7 Å². The minimum Gasteiger partial charge on any atom is -0.341 e. The van der Waals surface area contributed by atoms with E-state index in [4.69, 9.17) is 0 Å². The molecule has 0 spiro atoms. The Hall–Kier alpha value is -1.22. The van der Waals surface area contributed by atoms with Crippen LogP contribution < -0.4 is 10.0 Å². The number of rotatable bonds is 6. The van der Waals surface area contributed by atoms with Crippen LogP contribution in [0, 0.1) is 11.7 Å². The molecule has 1 fully saturated rings. The maximum Gasteiger partial charge on any atom is 0.240 e. The quantitative estimate of drug-likeness (QED) is 0.765. The summed E-state index contributed by atoms with van der Waals surface area (Å²) in [5.74, 6) is -0.744. The number of amides is 1. The average molecular weight is 394 g/mol. The Balaban J connectivity index is 0.00000312. The number of carbonyl (C=O) groups is 1. The van der Waals surface area contributed by atoms with Gasteiger partial charge >= 0.3 is 0 Å². The molecule has 1 aliphatic heterocycles. The molecule has 1 aromatic rings. The van der Waals surface area contributed by atoms with E-state index in [-0.39, 0.29) is 35.2 Å². The number of carbonyl (C=O) groups excluding carboxylic acids is 1. The van der Waals surface area contributed by atoms with Crippen LogP contribution in [-0.2, 0) is 14.8 Å². The van der Waals surface area contributed by atoms with Gasteiger partial charge in [0.1, 0.15) is 5.82 Å². The van der Waals surface area contributed by atoms with Gasteiger partial charge in [-0.25, -0.2) is 17.5 Å². The van der Waals surface area contributed by atoms with Crippen LogP contribution in [0.2, 0.25) is 0 Å². The van der Waals surface area contributed by atoms with Gasteiger partial charge in [0.15, 0.2) is 0 Å². The van der Waals surface area contributed by atoms with E-state index in [2.05, 4.69) is 10.0 Å². The number of piperidine rings is 1. The molecule has 25 heavy (non-hydrogen) atoms. The van der Waals surface area contributed by atoms with Gasteiger partial charge in [-0.3, -0.25) is 4.79 Å². The predicted molar refractivity (Wildman–Crippen MR) is 96.7 cm³/mol. The first-order chi connectivity index (χ1) is 11.3. The fraction of sp³-hybridized carbons (Fsp3) is 0.562. The van der Waals surface area contributed by atoms with E-state index in [9.17, 15) is 17.6 Å². The summed E-state index contributed by atoms with van der Waals surface area (Å²) in [6.07, 6.45) is 1.38. The zero-order valence-electron chi connectivity index (χ0n) is 14.4. The maximum absolute atomic E-state index is 13.3. The number of nitrogens with zero attached hydrogens (tertiary/aromatic N) is 1. The van der Waals surface area contributed by atoms with Crippen LogP contribution in [0.4, 0.5) is 4.39 Å². The van der Waals surface area contributed by atoms with Gasteiger partial charge in [0.2, 0.25) is 15.9 Å². The highest BCUT2D eigenvalue weighted by molar-refractivity contribution is 7.89. The van der Waals surface area contributed by atoms with Crippen LogP contribution in [-0.4, -0.2) is 51.9 Å². The van der Waals surface area contributed by atoms with Gasteiger partial charge in [-0.2, -0.15) is 0 Å². The smallest absolute Gasteiger partial charge is 0.240 e. The van der Waals surface area contributed by atoms with Crippen LogP contribution in [0.25, 0.3) is 0 Å². The van der Waals surface area contributed by atoms with E-state index in [1.165, 1.54) is 18.2 Å². The summed E-state index contributed by atoms with van der Waals surface area (Å²) in [5, 5.41) is 2.97. The Morgan fingerprint density at radius 3 is 2.80 bits per heavy atom. The Morgan fingerprint density at radius 1 is 1.44 bits per heavy atom. The van der Waals surface area contributed by atoms with Crippen molar-refractivity contribution < 1.29 is 17.6 Å². The first-order valence-corrected chi connectivity index (χ1v) is 9.53. The maximum atomic E-state index is 13.3. The fourth-order valence-electron chi connectivity index (χ4n) is 2.90. The van der Waals surface area contributed by atoms with E-state index in [0.717, 1.165) is 12.5 Å². The zero-order chi connectivity index (χ0) is 17.7. The summed E-state index contributed by atoms with van der Waals surface area (Å²) >= 11 is 0. The fourth-order valence-corrected chi connectivity index (χ4v) is 4.19. The third-order valence-corrected chi connectivity index (χ3v) is 5.61. The average Bonchev–Trinajstić information content (AvgIpc) is 2.54. The summed E-state index contributed by atoms with van der Waals surface area (Å²) in [7, 11) is -2.01. The Bertz CT molecular complexity index is 687. The second kappa shape index (κ2) is 9.47. The summed E-state index contributed by atoms with van der Waals surface area (Å²) < 4.78 is 40.6. The molecular weight excluding hydrogens is 369 g/mol. The molecule has 0 saturated carbocycles. The van der Waals surface area contributed by atoms with E-state index in [1.807, 2.05) is 6.92 Å². The lowest BCUT2D eigenvalue weighted by molar-refractivity contribution is -0.136. The van der Waals surface area contributed by atoms with Crippen molar-refractivity contribution in [2.75, 3.05) is 26.7 Å². The molecule has 0 aliphatic carbocycles.